The van der Waals surface area contributed by atoms with Crippen LogP contribution in [0.25, 0.3) is 10.9 Å². The van der Waals surface area contributed by atoms with E-state index in [2.05, 4.69) is 10.3 Å². The number of aromatic nitrogens is 1. The molecule has 0 bridgehead atoms. The molecule has 2 aromatic rings. The Hall–Kier alpha value is -1.35. The van der Waals surface area contributed by atoms with E-state index in [1.807, 2.05) is 13.0 Å². The van der Waals surface area contributed by atoms with E-state index in [1.165, 1.54) is 12.1 Å². The maximum Gasteiger partial charge on any atom is 0.126 e. The molecular weight excluding hydrogens is 215 g/mol. The van der Waals surface area contributed by atoms with Gasteiger partial charge in [0.2, 0.25) is 0 Å². The Bertz CT molecular complexity index is 499. The third-order valence-electron chi connectivity index (χ3n) is 2.13. The van der Waals surface area contributed by atoms with Gasteiger partial charge in [-0.3, -0.25) is 4.98 Å². The first-order valence-electron chi connectivity index (χ1n) is 4.70. The lowest BCUT2D eigenvalue weighted by Gasteiger charge is -2.08. The first kappa shape index (κ1) is 10.2. The molecule has 2 rings (SSSR count). The fraction of sp³-hybridized carbons (Fsp3) is 0.182. The van der Waals surface area contributed by atoms with Gasteiger partial charge in [0.05, 0.1) is 10.5 Å². The van der Waals surface area contributed by atoms with Crippen LogP contribution in [0.4, 0.5) is 10.1 Å². The van der Waals surface area contributed by atoms with Crippen LogP contribution in [0.15, 0.2) is 24.4 Å². The minimum Gasteiger partial charge on any atom is -0.385 e. The number of pyridine rings is 1. The van der Waals surface area contributed by atoms with Crippen molar-refractivity contribution in [1.29, 1.82) is 0 Å². The second-order valence-corrected chi connectivity index (χ2v) is 3.58. The molecule has 0 aliphatic rings. The van der Waals surface area contributed by atoms with E-state index in [0.29, 0.717) is 10.5 Å². The summed E-state index contributed by atoms with van der Waals surface area (Å²) in [5, 5.41) is 4.31. The standard InChI is InChI=1S/C11H10ClFN2/c1-2-14-9-3-4-15-10-6-7(13)5-8(12)11(9)10/h3-6H,2H2,1H3,(H,14,15). The topological polar surface area (TPSA) is 24.9 Å². The molecule has 0 saturated carbocycles. The SMILES string of the molecule is CCNc1ccnc2cc(F)cc(Cl)c12. The zero-order valence-corrected chi connectivity index (χ0v) is 8.98. The molecule has 4 heteroatoms. The number of nitrogens with one attached hydrogen (secondary N) is 1. The smallest absolute Gasteiger partial charge is 0.126 e. The van der Waals surface area contributed by atoms with Gasteiger partial charge in [-0.1, -0.05) is 11.6 Å². The molecule has 0 atom stereocenters. The molecule has 0 amide bonds. The molecular formula is C11H10ClFN2. The zero-order chi connectivity index (χ0) is 10.8. The van der Waals surface area contributed by atoms with Crippen LogP contribution in [-0.4, -0.2) is 11.5 Å². The molecule has 0 fully saturated rings. The van der Waals surface area contributed by atoms with Gasteiger partial charge in [-0.25, -0.2) is 4.39 Å². The van der Waals surface area contributed by atoms with E-state index in [9.17, 15) is 4.39 Å². The second-order valence-electron chi connectivity index (χ2n) is 3.17. The summed E-state index contributed by atoms with van der Waals surface area (Å²) in [5.41, 5.74) is 1.45. The molecule has 2 nitrogen and oxygen atoms in total. The number of hydrogen-bond donors (Lipinski definition) is 1. The van der Waals surface area contributed by atoms with Crippen molar-refractivity contribution < 1.29 is 4.39 Å². The summed E-state index contributed by atoms with van der Waals surface area (Å²) < 4.78 is 13.1. The molecule has 0 spiro atoms. The number of nitrogens with zero attached hydrogens (tertiary/aromatic N) is 1. The molecule has 0 aliphatic heterocycles. The average molecular weight is 225 g/mol. The van der Waals surface area contributed by atoms with E-state index < -0.39 is 0 Å². The summed E-state index contributed by atoms with van der Waals surface area (Å²) in [7, 11) is 0. The summed E-state index contributed by atoms with van der Waals surface area (Å²) >= 11 is 5.98. The van der Waals surface area contributed by atoms with E-state index >= 15 is 0 Å². The summed E-state index contributed by atoms with van der Waals surface area (Å²) in [5.74, 6) is -0.367. The normalized spacial score (nSPS) is 10.6. The molecule has 0 unspecified atom stereocenters. The van der Waals surface area contributed by atoms with Crippen LogP contribution in [0.2, 0.25) is 5.02 Å². The highest BCUT2D eigenvalue weighted by atomic mass is 35.5. The van der Waals surface area contributed by atoms with Gasteiger partial charge in [-0.05, 0) is 19.1 Å². The fourth-order valence-corrected chi connectivity index (χ4v) is 1.84. The molecule has 0 radical (unpaired) electrons. The summed E-state index contributed by atoms with van der Waals surface area (Å²) in [4.78, 5) is 4.08. The highest BCUT2D eigenvalue weighted by molar-refractivity contribution is 6.36. The molecule has 78 valence electrons. The van der Waals surface area contributed by atoms with Crippen molar-refractivity contribution in [3.05, 3.63) is 35.2 Å². The van der Waals surface area contributed by atoms with Gasteiger partial charge < -0.3 is 5.32 Å². The Morgan fingerprint density at radius 1 is 1.47 bits per heavy atom. The summed E-state index contributed by atoms with van der Waals surface area (Å²) in [6, 6.07) is 4.50. The zero-order valence-electron chi connectivity index (χ0n) is 8.22. The van der Waals surface area contributed by atoms with Gasteiger partial charge in [-0.2, -0.15) is 0 Å². The highest BCUT2D eigenvalue weighted by Crippen LogP contribution is 2.29. The Kier molecular flexibility index (Phi) is 2.73. The van der Waals surface area contributed by atoms with Crippen molar-refractivity contribution >= 4 is 28.2 Å². The number of halogens is 2. The predicted molar refractivity (Wildman–Crippen MR) is 60.9 cm³/mol. The molecule has 0 saturated heterocycles. The predicted octanol–water partition coefficient (Wildman–Crippen LogP) is 3.46. The van der Waals surface area contributed by atoms with Crippen molar-refractivity contribution in [2.24, 2.45) is 0 Å². The number of benzene rings is 1. The van der Waals surface area contributed by atoms with Gasteiger partial charge in [0.15, 0.2) is 0 Å². The van der Waals surface area contributed by atoms with Crippen LogP contribution >= 0.6 is 11.6 Å². The first-order valence-corrected chi connectivity index (χ1v) is 5.08. The minimum atomic E-state index is -0.367. The van der Waals surface area contributed by atoms with Crippen LogP contribution in [-0.2, 0) is 0 Å². The van der Waals surface area contributed by atoms with E-state index in [0.717, 1.165) is 17.6 Å². The third-order valence-corrected chi connectivity index (χ3v) is 2.42. The quantitative estimate of drug-likeness (QED) is 0.845. The summed E-state index contributed by atoms with van der Waals surface area (Å²) in [6.45, 7) is 2.77. The van der Waals surface area contributed by atoms with Crippen molar-refractivity contribution in [2.45, 2.75) is 6.92 Å². The molecule has 1 N–H and O–H groups in total. The fourth-order valence-electron chi connectivity index (χ4n) is 1.54. The van der Waals surface area contributed by atoms with Crippen molar-refractivity contribution in [3.8, 4) is 0 Å². The van der Waals surface area contributed by atoms with E-state index in [1.54, 1.807) is 6.20 Å². The maximum absolute atomic E-state index is 13.1. The monoisotopic (exact) mass is 224 g/mol. The lowest BCUT2D eigenvalue weighted by atomic mass is 10.2. The first-order chi connectivity index (χ1) is 7.22. The van der Waals surface area contributed by atoms with Crippen LogP contribution in [0.5, 0.6) is 0 Å². The van der Waals surface area contributed by atoms with Crippen LogP contribution in [0, 0.1) is 5.82 Å². The van der Waals surface area contributed by atoms with Crippen LogP contribution in [0.1, 0.15) is 6.92 Å². The van der Waals surface area contributed by atoms with Crippen molar-refractivity contribution in [2.75, 3.05) is 11.9 Å². The third kappa shape index (κ3) is 1.88. The molecule has 0 aliphatic carbocycles. The van der Waals surface area contributed by atoms with Gasteiger partial charge in [0.1, 0.15) is 5.82 Å². The molecule has 1 aromatic heterocycles. The van der Waals surface area contributed by atoms with Crippen molar-refractivity contribution in [3.63, 3.8) is 0 Å². The van der Waals surface area contributed by atoms with Gasteiger partial charge in [0, 0.05) is 29.9 Å². The maximum atomic E-state index is 13.1. The minimum absolute atomic E-state index is 0.367. The average Bonchev–Trinajstić information content (AvgIpc) is 2.17. The number of rotatable bonds is 2. The lowest BCUT2D eigenvalue weighted by molar-refractivity contribution is 0.629. The Balaban J connectivity index is 2.73. The Morgan fingerprint density at radius 3 is 3.00 bits per heavy atom. The second kappa shape index (κ2) is 4.03. The number of fused-ring (bicyclic) bond motifs is 1. The van der Waals surface area contributed by atoms with Gasteiger partial charge in [0.25, 0.3) is 0 Å². The van der Waals surface area contributed by atoms with Crippen molar-refractivity contribution in [1.82, 2.24) is 4.98 Å². The number of hydrogen-bond acceptors (Lipinski definition) is 2. The van der Waals surface area contributed by atoms with Crippen LogP contribution in [0.3, 0.4) is 0 Å². The molecule has 15 heavy (non-hydrogen) atoms. The molecule has 1 aromatic carbocycles. The number of anilines is 1. The van der Waals surface area contributed by atoms with Crippen LogP contribution < -0.4 is 5.32 Å². The lowest BCUT2D eigenvalue weighted by Crippen LogP contribution is -1.98. The highest BCUT2D eigenvalue weighted by Gasteiger charge is 2.07. The van der Waals surface area contributed by atoms with Gasteiger partial charge in [-0.15, -0.1) is 0 Å². The Labute approximate surface area is 92.1 Å². The van der Waals surface area contributed by atoms with E-state index in [4.69, 9.17) is 11.6 Å². The largest absolute Gasteiger partial charge is 0.385 e. The molecule has 1 heterocycles. The van der Waals surface area contributed by atoms with Gasteiger partial charge >= 0.3 is 0 Å². The Morgan fingerprint density at radius 2 is 2.27 bits per heavy atom. The van der Waals surface area contributed by atoms with E-state index in [-0.39, 0.29) is 5.82 Å². The summed E-state index contributed by atoms with van der Waals surface area (Å²) in [6.07, 6.45) is 1.64.